The highest BCUT2D eigenvalue weighted by Crippen LogP contribution is 2.32. The van der Waals surface area contributed by atoms with Crippen molar-refractivity contribution in [3.8, 4) is 0 Å². The van der Waals surface area contributed by atoms with Crippen molar-refractivity contribution in [2.75, 3.05) is 57.9 Å². The van der Waals surface area contributed by atoms with Gasteiger partial charge in [0.2, 0.25) is 0 Å². The summed E-state index contributed by atoms with van der Waals surface area (Å²) in [4.78, 5) is 32.0. The van der Waals surface area contributed by atoms with E-state index in [9.17, 15) is 9.59 Å². The number of nitrogens with one attached hydrogen (secondary N) is 2. The Labute approximate surface area is 171 Å². The molecule has 0 unspecified atom stereocenters. The molecule has 3 rings (SSSR count). The summed E-state index contributed by atoms with van der Waals surface area (Å²) < 4.78 is 0. The molecular formula is C20H31N5O2S. The van der Waals surface area contributed by atoms with Gasteiger partial charge >= 0.3 is 12.1 Å². The van der Waals surface area contributed by atoms with Gasteiger partial charge in [-0.3, -0.25) is 4.90 Å². The van der Waals surface area contributed by atoms with Crippen LogP contribution in [-0.4, -0.2) is 84.9 Å². The van der Waals surface area contributed by atoms with E-state index >= 15 is 0 Å². The van der Waals surface area contributed by atoms with Crippen molar-refractivity contribution < 1.29 is 9.59 Å². The largest absolute Gasteiger partial charge is 0.341 e. The lowest BCUT2D eigenvalue weighted by Crippen LogP contribution is -2.59. The van der Waals surface area contributed by atoms with Gasteiger partial charge < -0.3 is 20.4 Å². The van der Waals surface area contributed by atoms with Gasteiger partial charge in [0, 0.05) is 62.4 Å². The summed E-state index contributed by atoms with van der Waals surface area (Å²) in [6.45, 7) is 6.84. The van der Waals surface area contributed by atoms with E-state index in [1.54, 1.807) is 18.8 Å². The van der Waals surface area contributed by atoms with E-state index in [0.29, 0.717) is 13.1 Å². The van der Waals surface area contributed by atoms with Gasteiger partial charge in [-0.05, 0) is 43.4 Å². The number of hydrogen-bond acceptors (Lipinski definition) is 4. The maximum Gasteiger partial charge on any atom is 0.321 e. The second-order valence-electron chi connectivity index (χ2n) is 7.44. The van der Waals surface area contributed by atoms with Crippen LogP contribution in [0, 0.1) is 0 Å². The highest BCUT2D eigenvalue weighted by molar-refractivity contribution is 7.98. The van der Waals surface area contributed by atoms with Gasteiger partial charge in [-0.25, -0.2) is 9.59 Å². The standard InChI is InChI=1S/C20H31N5O2S/c1-4-20(9-10-24(15-20)18(26)21-2)25-13-11-23(12-14-25)19(27)22-16-5-7-17(28-3)8-6-16/h5-8H,4,9-15H2,1-3H3,(H,21,26)(H,22,27)/t20-/m0/s1. The maximum absolute atomic E-state index is 12.6. The number of amides is 4. The van der Waals surface area contributed by atoms with Crippen molar-refractivity contribution >= 4 is 29.5 Å². The molecule has 2 aliphatic heterocycles. The average Bonchev–Trinajstić information content (AvgIpc) is 3.20. The van der Waals surface area contributed by atoms with E-state index in [-0.39, 0.29) is 17.6 Å². The summed E-state index contributed by atoms with van der Waals surface area (Å²) in [5.41, 5.74) is 0.857. The van der Waals surface area contributed by atoms with Crippen LogP contribution in [0.4, 0.5) is 15.3 Å². The van der Waals surface area contributed by atoms with Crippen molar-refractivity contribution in [3.63, 3.8) is 0 Å². The minimum Gasteiger partial charge on any atom is -0.341 e. The molecule has 8 heteroatoms. The van der Waals surface area contributed by atoms with Gasteiger partial charge in [-0.1, -0.05) is 6.92 Å². The smallest absolute Gasteiger partial charge is 0.321 e. The van der Waals surface area contributed by atoms with Gasteiger partial charge in [0.05, 0.1) is 0 Å². The van der Waals surface area contributed by atoms with Crippen LogP contribution in [0.5, 0.6) is 0 Å². The van der Waals surface area contributed by atoms with Crippen molar-refractivity contribution in [2.24, 2.45) is 0 Å². The summed E-state index contributed by atoms with van der Waals surface area (Å²) in [5.74, 6) is 0. The lowest BCUT2D eigenvalue weighted by molar-refractivity contribution is 0.0477. The zero-order valence-corrected chi connectivity index (χ0v) is 17.8. The normalized spacial score (nSPS) is 23.0. The van der Waals surface area contributed by atoms with Crippen LogP contribution >= 0.6 is 11.8 Å². The molecule has 2 saturated heterocycles. The molecular weight excluding hydrogens is 374 g/mol. The number of likely N-dealkylation sites (tertiary alicyclic amines) is 1. The third kappa shape index (κ3) is 4.38. The Hall–Kier alpha value is -1.93. The van der Waals surface area contributed by atoms with Crippen LogP contribution in [0.25, 0.3) is 0 Å². The molecule has 1 aromatic carbocycles. The van der Waals surface area contributed by atoms with E-state index in [0.717, 1.165) is 44.7 Å². The summed E-state index contributed by atoms with van der Waals surface area (Å²) >= 11 is 1.68. The highest BCUT2D eigenvalue weighted by atomic mass is 32.2. The number of nitrogens with zero attached hydrogens (tertiary/aromatic N) is 3. The second-order valence-corrected chi connectivity index (χ2v) is 8.32. The van der Waals surface area contributed by atoms with Crippen LogP contribution in [-0.2, 0) is 0 Å². The Balaban J connectivity index is 1.54. The van der Waals surface area contributed by atoms with Crippen LogP contribution in [0.3, 0.4) is 0 Å². The number of hydrogen-bond donors (Lipinski definition) is 2. The van der Waals surface area contributed by atoms with Gasteiger partial charge in [-0.2, -0.15) is 0 Å². The first-order chi connectivity index (χ1) is 13.5. The Morgan fingerprint density at radius 2 is 1.71 bits per heavy atom. The lowest BCUT2D eigenvalue weighted by atomic mass is 9.92. The van der Waals surface area contributed by atoms with Gasteiger partial charge in [0.25, 0.3) is 0 Å². The Morgan fingerprint density at radius 3 is 2.29 bits per heavy atom. The van der Waals surface area contributed by atoms with Gasteiger partial charge in [0.1, 0.15) is 0 Å². The van der Waals surface area contributed by atoms with Crippen LogP contribution in [0.1, 0.15) is 19.8 Å². The molecule has 1 aromatic rings. The molecule has 2 fully saturated rings. The molecule has 7 nitrogen and oxygen atoms in total. The maximum atomic E-state index is 12.6. The minimum atomic E-state index is -0.0412. The van der Waals surface area contributed by atoms with Crippen molar-refractivity contribution in [2.45, 2.75) is 30.2 Å². The monoisotopic (exact) mass is 405 g/mol. The molecule has 2 aliphatic rings. The first-order valence-corrected chi connectivity index (χ1v) is 11.2. The Bertz CT molecular complexity index is 690. The van der Waals surface area contributed by atoms with Gasteiger partial charge in [0.15, 0.2) is 0 Å². The fourth-order valence-electron chi connectivity index (χ4n) is 4.22. The molecule has 0 saturated carbocycles. The zero-order chi connectivity index (χ0) is 20.1. The van der Waals surface area contributed by atoms with Crippen molar-refractivity contribution in [1.82, 2.24) is 20.0 Å². The van der Waals surface area contributed by atoms with Gasteiger partial charge in [-0.15, -0.1) is 11.8 Å². The quantitative estimate of drug-likeness (QED) is 0.756. The number of rotatable bonds is 4. The fraction of sp³-hybridized carbons (Fsp3) is 0.600. The van der Waals surface area contributed by atoms with Crippen LogP contribution in [0.2, 0.25) is 0 Å². The number of carbonyl (C=O) groups excluding carboxylic acids is 2. The third-order valence-electron chi connectivity index (χ3n) is 6.07. The molecule has 0 radical (unpaired) electrons. The number of carbonyl (C=O) groups is 2. The number of urea groups is 2. The number of thioether (sulfide) groups is 1. The Kier molecular flexibility index (Phi) is 6.72. The average molecular weight is 406 g/mol. The summed E-state index contributed by atoms with van der Waals surface area (Å²) in [5, 5.41) is 5.73. The van der Waals surface area contributed by atoms with Crippen molar-refractivity contribution in [1.29, 1.82) is 0 Å². The van der Waals surface area contributed by atoms with E-state index < -0.39 is 0 Å². The van der Waals surface area contributed by atoms with E-state index in [1.807, 2.05) is 40.3 Å². The molecule has 0 aliphatic carbocycles. The molecule has 28 heavy (non-hydrogen) atoms. The second kappa shape index (κ2) is 9.05. The first-order valence-electron chi connectivity index (χ1n) is 9.93. The number of piperazine rings is 1. The molecule has 1 atom stereocenters. The van der Waals surface area contributed by atoms with Crippen LogP contribution in [0.15, 0.2) is 29.2 Å². The fourth-order valence-corrected chi connectivity index (χ4v) is 4.63. The molecule has 0 bridgehead atoms. The van der Waals surface area contributed by atoms with Crippen LogP contribution < -0.4 is 10.6 Å². The molecule has 154 valence electrons. The molecule has 2 heterocycles. The Morgan fingerprint density at radius 1 is 1.04 bits per heavy atom. The zero-order valence-electron chi connectivity index (χ0n) is 17.0. The molecule has 2 N–H and O–H groups in total. The first kappa shape index (κ1) is 20.8. The minimum absolute atomic E-state index is 0.000769. The summed E-state index contributed by atoms with van der Waals surface area (Å²) in [6.07, 6.45) is 4.04. The van der Waals surface area contributed by atoms with E-state index in [2.05, 4.69) is 22.5 Å². The van der Waals surface area contributed by atoms with Crippen molar-refractivity contribution in [3.05, 3.63) is 24.3 Å². The number of benzene rings is 1. The molecule has 0 spiro atoms. The molecule has 4 amide bonds. The summed E-state index contributed by atoms with van der Waals surface area (Å²) in [7, 11) is 1.68. The summed E-state index contributed by atoms with van der Waals surface area (Å²) in [6, 6.07) is 7.88. The highest BCUT2D eigenvalue weighted by Gasteiger charge is 2.44. The predicted octanol–water partition coefficient (Wildman–Crippen LogP) is 2.75. The lowest BCUT2D eigenvalue weighted by Gasteiger charge is -2.45. The van der Waals surface area contributed by atoms with E-state index in [4.69, 9.17) is 0 Å². The molecule has 0 aromatic heterocycles. The van der Waals surface area contributed by atoms with E-state index in [1.165, 1.54) is 4.90 Å². The number of anilines is 1. The predicted molar refractivity (Wildman–Crippen MR) is 114 cm³/mol. The SMILES string of the molecule is CC[C@]1(N2CCN(C(=O)Nc3ccc(SC)cc3)CC2)CCN(C(=O)NC)C1. The third-order valence-corrected chi connectivity index (χ3v) is 6.81. The topological polar surface area (TPSA) is 67.9 Å².